The van der Waals surface area contributed by atoms with Gasteiger partial charge in [-0.2, -0.15) is 0 Å². The second-order valence-electron chi connectivity index (χ2n) is 7.57. The van der Waals surface area contributed by atoms with E-state index in [0.29, 0.717) is 17.3 Å². The average molecular weight is 451 g/mol. The van der Waals surface area contributed by atoms with Gasteiger partial charge in [0, 0.05) is 13.0 Å². The zero-order valence-corrected chi connectivity index (χ0v) is 19.4. The van der Waals surface area contributed by atoms with Crippen LogP contribution in [0.2, 0.25) is 5.15 Å². The molecule has 6 heteroatoms. The topological polar surface area (TPSA) is 61.2 Å². The number of rotatable bonds is 9. The number of carbonyl (C=O) groups excluding carboxylic acids is 2. The van der Waals surface area contributed by atoms with Gasteiger partial charge in [0.25, 0.3) is 0 Å². The molecule has 2 aromatic carbocycles. The maximum atomic E-state index is 12.1. The first-order chi connectivity index (χ1) is 15.4. The number of ether oxygens (including phenoxy) is 1. The van der Waals surface area contributed by atoms with Crippen molar-refractivity contribution in [2.45, 2.75) is 39.7 Å². The summed E-state index contributed by atoms with van der Waals surface area (Å²) in [5, 5.41) is 0.400. The molecule has 0 unspecified atom stereocenters. The normalized spacial score (nSPS) is 11.1. The lowest BCUT2D eigenvalue weighted by Crippen LogP contribution is -2.07. The highest BCUT2D eigenvalue weighted by molar-refractivity contribution is 6.30. The molecule has 32 heavy (non-hydrogen) atoms. The van der Waals surface area contributed by atoms with Gasteiger partial charge in [-0.25, -0.2) is 9.78 Å². The van der Waals surface area contributed by atoms with E-state index in [-0.39, 0.29) is 11.8 Å². The van der Waals surface area contributed by atoms with Crippen LogP contribution in [0, 0.1) is 0 Å². The zero-order valence-electron chi connectivity index (χ0n) is 18.6. The van der Waals surface area contributed by atoms with Crippen molar-refractivity contribution in [1.29, 1.82) is 0 Å². The van der Waals surface area contributed by atoms with Crippen molar-refractivity contribution < 1.29 is 14.3 Å². The van der Waals surface area contributed by atoms with E-state index in [1.165, 1.54) is 20.1 Å². The van der Waals surface area contributed by atoms with E-state index in [1.54, 1.807) is 12.1 Å². The number of nitrogens with zero attached hydrogens (tertiary/aromatic N) is 2. The summed E-state index contributed by atoms with van der Waals surface area (Å²) in [6, 6.07) is 15.4. The number of hydrogen-bond acceptors (Lipinski definition) is 4. The molecule has 5 nitrogen and oxygen atoms in total. The fourth-order valence-corrected chi connectivity index (χ4v) is 3.80. The summed E-state index contributed by atoms with van der Waals surface area (Å²) < 4.78 is 6.97. The van der Waals surface area contributed by atoms with Crippen LogP contribution in [0.4, 0.5) is 0 Å². The van der Waals surface area contributed by atoms with Crippen molar-refractivity contribution in [3.8, 4) is 11.1 Å². The van der Waals surface area contributed by atoms with Gasteiger partial charge in [-0.05, 0) is 48.3 Å². The summed E-state index contributed by atoms with van der Waals surface area (Å²) in [4.78, 5) is 28.1. The van der Waals surface area contributed by atoms with Gasteiger partial charge in [0.2, 0.25) is 0 Å². The Morgan fingerprint density at radius 2 is 1.84 bits per heavy atom. The van der Waals surface area contributed by atoms with Gasteiger partial charge >= 0.3 is 5.97 Å². The molecule has 0 fully saturated rings. The number of imidazole rings is 1. The molecule has 0 saturated heterocycles. The van der Waals surface area contributed by atoms with E-state index in [2.05, 4.69) is 16.5 Å². The third-order valence-electron chi connectivity index (χ3n) is 5.21. The van der Waals surface area contributed by atoms with Crippen molar-refractivity contribution in [2.75, 3.05) is 7.11 Å². The molecule has 1 aromatic heterocycles. The molecule has 3 rings (SSSR count). The second-order valence-corrected chi connectivity index (χ2v) is 7.93. The standard InChI is InChI=1S/C26H27ClN2O3/c1-4-5-10-24-28-25(27)23(16-11-18(2)30)29(24)17-19-12-14-20(15-13-19)21-8-6-7-9-22(21)26(31)32-3/h6-9,11-16H,4-5,10,17H2,1-3H3/b16-11+. The first-order valence-corrected chi connectivity index (χ1v) is 11.0. The van der Waals surface area contributed by atoms with Crippen molar-refractivity contribution in [2.24, 2.45) is 0 Å². The van der Waals surface area contributed by atoms with E-state index in [4.69, 9.17) is 16.3 Å². The van der Waals surface area contributed by atoms with E-state index in [1.807, 2.05) is 42.5 Å². The number of unbranched alkanes of at least 4 members (excludes halogenated alkanes) is 1. The van der Waals surface area contributed by atoms with Gasteiger partial charge in [-0.3, -0.25) is 4.79 Å². The lowest BCUT2D eigenvalue weighted by atomic mass is 9.98. The van der Waals surface area contributed by atoms with Crippen LogP contribution in [-0.2, 0) is 22.5 Å². The smallest absolute Gasteiger partial charge is 0.338 e. The molecule has 0 amide bonds. The minimum Gasteiger partial charge on any atom is -0.465 e. The minimum atomic E-state index is -0.361. The molecule has 1 heterocycles. The summed E-state index contributed by atoms with van der Waals surface area (Å²) >= 11 is 6.41. The van der Waals surface area contributed by atoms with Crippen LogP contribution in [0.15, 0.2) is 54.6 Å². The third-order valence-corrected chi connectivity index (χ3v) is 5.49. The van der Waals surface area contributed by atoms with Gasteiger partial charge in [-0.15, -0.1) is 0 Å². The molecule has 166 valence electrons. The highest BCUT2D eigenvalue weighted by Gasteiger charge is 2.15. The van der Waals surface area contributed by atoms with Crippen molar-refractivity contribution in [3.63, 3.8) is 0 Å². The minimum absolute atomic E-state index is 0.0439. The number of allylic oxidation sites excluding steroid dienone is 1. The highest BCUT2D eigenvalue weighted by Crippen LogP contribution is 2.26. The number of methoxy groups -OCH3 is 1. The number of aryl methyl sites for hydroxylation is 1. The SMILES string of the molecule is CCCCc1nc(Cl)c(/C=C/C(C)=O)n1Cc1ccc(-c2ccccc2C(=O)OC)cc1. The lowest BCUT2D eigenvalue weighted by molar-refractivity contribution is -0.112. The highest BCUT2D eigenvalue weighted by atomic mass is 35.5. The van der Waals surface area contributed by atoms with Crippen LogP contribution in [0.1, 0.15) is 54.1 Å². The van der Waals surface area contributed by atoms with E-state index in [0.717, 1.165) is 47.5 Å². The second kappa shape index (κ2) is 10.9. The maximum absolute atomic E-state index is 12.1. The Balaban J connectivity index is 1.93. The van der Waals surface area contributed by atoms with Crippen LogP contribution < -0.4 is 0 Å². The first kappa shape index (κ1) is 23.5. The molecule has 0 bridgehead atoms. The first-order valence-electron chi connectivity index (χ1n) is 10.6. The van der Waals surface area contributed by atoms with Crippen LogP contribution >= 0.6 is 11.6 Å². The van der Waals surface area contributed by atoms with E-state index >= 15 is 0 Å². The Bertz CT molecular complexity index is 1130. The van der Waals surface area contributed by atoms with Gasteiger partial charge < -0.3 is 9.30 Å². The molecule has 0 saturated carbocycles. The Morgan fingerprint density at radius 3 is 2.50 bits per heavy atom. The number of esters is 1. The van der Waals surface area contributed by atoms with Crippen LogP contribution in [0.3, 0.4) is 0 Å². The molecular weight excluding hydrogens is 424 g/mol. The molecule has 0 aliphatic rings. The zero-order chi connectivity index (χ0) is 23.1. The summed E-state index contributed by atoms with van der Waals surface area (Å²) in [7, 11) is 1.38. The molecule has 3 aromatic rings. The Hall–Kier alpha value is -3.18. The van der Waals surface area contributed by atoms with E-state index < -0.39 is 0 Å². The maximum Gasteiger partial charge on any atom is 0.338 e. The van der Waals surface area contributed by atoms with Gasteiger partial charge in [0.05, 0.1) is 18.4 Å². The fraction of sp³-hybridized carbons (Fsp3) is 0.269. The van der Waals surface area contributed by atoms with Crippen molar-refractivity contribution >= 4 is 29.4 Å². The van der Waals surface area contributed by atoms with Crippen LogP contribution in [-0.4, -0.2) is 28.4 Å². The average Bonchev–Trinajstić information content (AvgIpc) is 3.10. The molecule has 0 aliphatic heterocycles. The van der Waals surface area contributed by atoms with Crippen LogP contribution in [0.5, 0.6) is 0 Å². The summed E-state index contributed by atoms with van der Waals surface area (Å²) in [5.41, 5.74) is 4.08. The Kier molecular flexibility index (Phi) is 8.01. The summed E-state index contributed by atoms with van der Waals surface area (Å²) in [6.07, 6.45) is 6.11. The molecule has 0 radical (unpaired) electrons. The number of ketones is 1. The Morgan fingerprint density at radius 1 is 1.12 bits per heavy atom. The number of aromatic nitrogens is 2. The molecule has 0 N–H and O–H groups in total. The van der Waals surface area contributed by atoms with Crippen LogP contribution in [0.25, 0.3) is 17.2 Å². The van der Waals surface area contributed by atoms with Crippen molar-refractivity contribution in [3.05, 3.63) is 82.4 Å². The predicted molar refractivity (Wildman–Crippen MR) is 128 cm³/mol. The lowest BCUT2D eigenvalue weighted by Gasteiger charge is -2.12. The number of benzene rings is 2. The van der Waals surface area contributed by atoms with Gasteiger partial charge in [-0.1, -0.05) is 67.4 Å². The fourth-order valence-electron chi connectivity index (χ4n) is 3.53. The van der Waals surface area contributed by atoms with Gasteiger partial charge in [0.1, 0.15) is 5.82 Å². The summed E-state index contributed by atoms with van der Waals surface area (Å²) in [5.74, 6) is 0.498. The Labute approximate surface area is 193 Å². The largest absolute Gasteiger partial charge is 0.465 e. The monoisotopic (exact) mass is 450 g/mol. The third kappa shape index (κ3) is 5.54. The number of carbonyl (C=O) groups is 2. The summed E-state index contributed by atoms with van der Waals surface area (Å²) in [6.45, 7) is 4.22. The predicted octanol–water partition coefficient (Wildman–Crippen LogP) is 5.98. The number of hydrogen-bond donors (Lipinski definition) is 0. The molecule has 0 aliphatic carbocycles. The molecular formula is C26H27ClN2O3. The van der Waals surface area contributed by atoms with Crippen molar-refractivity contribution in [1.82, 2.24) is 9.55 Å². The molecule has 0 spiro atoms. The molecule has 0 atom stereocenters. The van der Waals surface area contributed by atoms with E-state index in [9.17, 15) is 9.59 Å². The number of halogens is 1. The van der Waals surface area contributed by atoms with Gasteiger partial charge in [0.15, 0.2) is 10.9 Å². The quantitative estimate of drug-likeness (QED) is 0.297.